The van der Waals surface area contributed by atoms with Gasteiger partial charge < -0.3 is 4.57 Å². The number of halogens is 2. The Kier molecular flexibility index (Phi) is 2.01. The molecule has 1 aromatic carbocycles. The van der Waals surface area contributed by atoms with Crippen LogP contribution in [-0.2, 0) is 7.05 Å². The van der Waals surface area contributed by atoms with Gasteiger partial charge in [0.2, 0.25) is 0 Å². The van der Waals surface area contributed by atoms with Crippen LogP contribution in [-0.4, -0.2) is 9.55 Å². The molecule has 2 aromatic rings. The van der Waals surface area contributed by atoms with Crippen molar-refractivity contribution in [2.24, 2.45) is 7.05 Å². The van der Waals surface area contributed by atoms with Gasteiger partial charge in [-0.25, -0.2) is 9.37 Å². The molecule has 0 aliphatic carbocycles. The predicted molar refractivity (Wildman–Crippen MR) is 53.1 cm³/mol. The Hall–Kier alpha value is -1.41. The summed E-state index contributed by atoms with van der Waals surface area (Å²) >= 11 is 3.23. The minimum atomic E-state index is -0.536. The summed E-state index contributed by atoms with van der Waals surface area (Å²) in [5, 5.41) is 8.64. The summed E-state index contributed by atoms with van der Waals surface area (Å²) in [4.78, 5) is 4.08. The van der Waals surface area contributed by atoms with E-state index < -0.39 is 5.82 Å². The first-order valence-corrected chi connectivity index (χ1v) is 4.64. The molecule has 0 atom stereocenters. The number of hydrogen-bond donors (Lipinski definition) is 0. The van der Waals surface area contributed by atoms with Crippen LogP contribution in [0, 0.1) is 17.1 Å². The van der Waals surface area contributed by atoms with Gasteiger partial charge in [-0.2, -0.15) is 5.26 Å². The van der Waals surface area contributed by atoms with E-state index in [1.807, 2.05) is 0 Å². The first-order valence-electron chi connectivity index (χ1n) is 3.85. The van der Waals surface area contributed by atoms with Crippen LogP contribution in [0.25, 0.3) is 11.0 Å². The third-order valence-electron chi connectivity index (χ3n) is 2.04. The highest BCUT2D eigenvalue weighted by Crippen LogP contribution is 2.21. The Balaban J connectivity index is 2.88. The van der Waals surface area contributed by atoms with Crippen molar-refractivity contribution in [3.8, 4) is 6.07 Å². The van der Waals surface area contributed by atoms with Gasteiger partial charge >= 0.3 is 0 Å². The number of rotatable bonds is 0. The van der Waals surface area contributed by atoms with Gasteiger partial charge in [0.15, 0.2) is 4.73 Å². The molecule has 3 nitrogen and oxygen atoms in total. The lowest BCUT2D eigenvalue weighted by atomic mass is 10.2. The topological polar surface area (TPSA) is 41.6 Å². The molecule has 1 heterocycles. The molecule has 0 N–H and O–H groups in total. The third-order valence-corrected chi connectivity index (χ3v) is 2.74. The fourth-order valence-corrected chi connectivity index (χ4v) is 1.65. The molecule has 70 valence electrons. The van der Waals surface area contributed by atoms with Crippen molar-refractivity contribution in [1.82, 2.24) is 9.55 Å². The van der Waals surface area contributed by atoms with Crippen molar-refractivity contribution >= 4 is 27.0 Å². The molecule has 0 unspecified atom stereocenters. The minimum Gasteiger partial charge on any atom is -0.322 e. The molecular formula is C9H5BrFN3. The fourth-order valence-electron chi connectivity index (χ4n) is 1.27. The first kappa shape index (κ1) is 9.16. The number of hydrogen-bond acceptors (Lipinski definition) is 2. The highest BCUT2D eigenvalue weighted by molar-refractivity contribution is 9.10. The average Bonchev–Trinajstić information content (AvgIpc) is 2.41. The number of benzene rings is 1. The zero-order valence-corrected chi connectivity index (χ0v) is 8.84. The highest BCUT2D eigenvalue weighted by atomic mass is 79.9. The zero-order chi connectivity index (χ0) is 10.3. The Labute approximate surface area is 87.9 Å². The number of aromatic nitrogens is 2. The predicted octanol–water partition coefficient (Wildman–Crippen LogP) is 2.35. The van der Waals surface area contributed by atoms with Crippen LogP contribution in [0.1, 0.15) is 5.56 Å². The summed E-state index contributed by atoms with van der Waals surface area (Å²) in [6.45, 7) is 0. The molecule has 1 aromatic heterocycles. The van der Waals surface area contributed by atoms with Gasteiger partial charge in [-0.05, 0) is 22.0 Å². The lowest BCUT2D eigenvalue weighted by molar-refractivity contribution is 0.625. The van der Waals surface area contributed by atoms with Gasteiger partial charge in [0.25, 0.3) is 0 Å². The number of imidazole rings is 1. The van der Waals surface area contributed by atoms with E-state index in [1.165, 1.54) is 12.1 Å². The highest BCUT2D eigenvalue weighted by Gasteiger charge is 2.09. The van der Waals surface area contributed by atoms with Crippen LogP contribution in [0.3, 0.4) is 0 Å². The molecule has 0 aliphatic rings. The van der Waals surface area contributed by atoms with Gasteiger partial charge in [-0.3, -0.25) is 0 Å². The molecular weight excluding hydrogens is 249 g/mol. The largest absolute Gasteiger partial charge is 0.322 e. The van der Waals surface area contributed by atoms with E-state index in [0.717, 1.165) is 5.52 Å². The monoisotopic (exact) mass is 253 g/mol. The maximum absolute atomic E-state index is 13.2. The fraction of sp³-hybridized carbons (Fsp3) is 0.111. The van der Waals surface area contributed by atoms with Crippen molar-refractivity contribution in [3.63, 3.8) is 0 Å². The molecule has 2 rings (SSSR count). The normalized spacial score (nSPS) is 10.4. The van der Waals surface area contributed by atoms with E-state index in [1.54, 1.807) is 17.7 Å². The van der Waals surface area contributed by atoms with Gasteiger partial charge in [0.1, 0.15) is 11.9 Å². The molecule has 0 radical (unpaired) electrons. The number of aryl methyl sites for hydroxylation is 1. The van der Waals surface area contributed by atoms with Crippen LogP contribution < -0.4 is 0 Å². The molecule has 0 fully saturated rings. The van der Waals surface area contributed by atoms with E-state index >= 15 is 0 Å². The number of nitriles is 1. The van der Waals surface area contributed by atoms with Crippen molar-refractivity contribution < 1.29 is 4.39 Å². The van der Waals surface area contributed by atoms with Crippen LogP contribution >= 0.6 is 15.9 Å². The van der Waals surface area contributed by atoms with Crippen LogP contribution in [0.4, 0.5) is 4.39 Å². The van der Waals surface area contributed by atoms with Crippen LogP contribution in [0.15, 0.2) is 16.9 Å². The van der Waals surface area contributed by atoms with Gasteiger partial charge in [0, 0.05) is 13.1 Å². The second-order valence-electron chi connectivity index (χ2n) is 2.87. The van der Waals surface area contributed by atoms with Crippen molar-refractivity contribution in [2.45, 2.75) is 0 Å². The summed E-state index contributed by atoms with van der Waals surface area (Å²) in [5.74, 6) is -0.536. The van der Waals surface area contributed by atoms with E-state index in [-0.39, 0.29) is 5.56 Å². The maximum Gasteiger partial charge on any atom is 0.177 e. The Morgan fingerprint density at radius 2 is 2.29 bits per heavy atom. The summed E-state index contributed by atoms with van der Waals surface area (Å²) in [6, 6.07) is 4.54. The standard InChI is InChI=1S/C9H5BrFN3/c1-14-8-2-5(4-12)6(11)3-7(8)13-9(14)10/h2-3H,1H3. The number of nitrogens with zero attached hydrogens (tertiary/aromatic N) is 3. The number of fused-ring (bicyclic) bond motifs is 1. The third kappa shape index (κ3) is 1.19. The van der Waals surface area contributed by atoms with E-state index in [9.17, 15) is 4.39 Å². The molecule has 5 heteroatoms. The van der Waals surface area contributed by atoms with Crippen molar-refractivity contribution in [2.75, 3.05) is 0 Å². The first-order chi connectivity index (χ1) is 6.63. The molecule has 0 amide bonds. The quantitative estimate of drug-likeness (QED) is 0.724. The Bertz CT molecular complexity index is 553. The summed E-state index contributed by atoms with van der Waals surface area (Å²) < 4.78 is 15.5. The average molecular weight is 254 g/mol. The molecule has 0 bridgehead atoms. The van der Waals surface area contributed by atoms with Gasteiger partial charge in [-0.15, -0.1) is 0 Å². The summed E-state index contributed by atoms with van der Waals surface area (Å²) in [6.07, 6.45) is 0. The maximum atomic E-state index is 13.2. The van der Waals surface area contributed by atoms with Gasteiger partial charge in [-0.1, -0.05) is 0 Å². The Morgan fingerprint density at radius 1 is 1.57 bits per heavy atom. The molecule has 0 aliphatic heterocycles. The molecule has 0 saturated carbocycles. The lowest BCUT2D eigenvalue weighted by Crippen LogP contribution is -1.89. The molecule has 14 heavy (non-hydrogen) atoms. The Morgan fingerprint density at radius 3 is 2.93 bits per heavy atom. The second kappa shape index (κ2) is 3.07. The van der Waals surface area contributed by atoms with E-state index in [4.69, 9.17) is 5.26 Å². The van der Waals surface area contributed by atoms with E-state index in [0.29, 0.717) is 10.3 Å². The van der Waals surface area contributed by atoms with Crippen LogP contribution in [0.2, 0.25) is 0 Å². The summed E-state index contributed by atoms with van der Waals surface area (Å²) in [5.41, 5.74) is 1.30. The molecule has 0 saturated heterocycles. The van der Waals surface area contributed by atoms with E-state index in [2.05, 4.69) is 20.9 Å². The smallest absolute Gasteiger partial charge is 0.177 e. The second-order valence-corrected chi connectivity index (χ2v) is 3.58. The summed E-state index contributed by atoms with van der Waals surface area (Å²) in [7, 11) is 1.79. The zero-order valence-electron chi connectivity index (χ0n) is 7.25. The molecule has 0 spiro atoms. The lowest BCUT2D eigenvalue weighted by Gasteiger charge is -1.96. The van der Waals surface area contributed by atoms with Crippen molar-refractivity contribution in [3.05, 3.63) is 28.2 Å². The minimum absolute atomic E-state index is 0.0352. The van der Waals surface area contributed by atoms with Crippen LogP contribution in [0.5, 0.6) is 0 Å². The van der Waals surface area contributed by atoms with Crippen molar-refractivity contribution in [1.29, 1.82) is 5.26 Å². The van der Waals surface area contributed by atoms with Gasteiger partial charge in [0.05, 0.1) is 16.6 Å². The SMILES string of the molecule is Cn1c(Br)nc2cc(F)c(C#N)cc21.